The number of hydrogen-bond acceptors (Lipinski definition) is 4. The molecule has 1 aromatic carbocycles. The van der Waals surface area contributed by atoms with E-state index in [-0.39, 0.29) is 5.56 Å². The Morgan fingerprint density at radius 1 is 1.19 bits per heavy atom. The molecule has 112 valence electrons. The van der Waals surface area contributed by atoms with Gasteiger partial charge in [0.05, 0.1) is 0 Å². The van der Waals surface area contributed by atoms with Crippen molar-refractivity contribution < 1.29 is 8.78 Å². The highest BCUT2D eigenvalue weighted by Gasteiger charge is 2.11. The third-order valence-corrected chi connectivity index (χ3v) is 2.94. The average molecular weight is 292 g/mol. The van der Waals surface area contributed by atoms with Gasteiger partial charge in [0.2, 0.25) is 0 Å². The van der Waals surface area contributed by atoms with Crippen molar-refractivity contribution in [3.63, 3.8) is 0 Å². The summed E-state index contributed by atoms with van der Waals surface area (Å²) in [5.74, 6) is 6.70. The van der Waals surface area contributed by atoms with Crippen molar-refractivity contribution >= 4 is 5.82 Å². The molecule has 2 rings (SSSR count). The summed E-state index contributed by atoms with van der Waals surface area (Å²) in [4.78, 5) is 8.68. The second kappa shape index (κ2) is 6.58. The van der Waals surface area contributed by atoms with Crippen molar-refractivity contribution in [3.8, 4) is 11.4 Å². The lowest BCUT2D eigenvalue weighted by Crippen LogP contribution is -2.11. The Hall–Kier alpha value is -2.08. The summed E-state index contributed by atoms with van der Waals surface area (Å²) in [7, 11) is 0. The number of hydrazine groups is 1. The van der Waals surface area contributed by atoms with Gasteiger partial charge in [-0.2, -0.15) is 0 Å². The predicted octanol–water partition coefficient (Wildman–Crippen LogP) is 3.57. The van der Waals surface area contributed by atoms with Gasteiger partial charge in [0.25, 0.3) is 6.43 Å². The lowest BCUT2D eigenvalue weighted by molar-refractivity contribution is 0.151. The lowest BCUT2D eigenvalue weighted by atomic mass is 10.1. The maximum atomic E-state index is 12.8. The van der Waals surface area contributed by atoms with E-state index < -0.39 is 6.43 Å². The van der Waals surface area contributed by atoms with Crippen LogP contribution in [0.5, 0.6) is 0 Å². The molecule has 0 radical (unpaired) electrons. The van der Waals surface area contributed by atoms with Gasteiger partial charge in [0, 0.05) is 22.9 Å². The fourth-order valence-electron chi connectivity index (χ4n) is 2.04. The summed E-state index contributed by atoms with van der Waals surface area (Å²) in [5, 5.41) is 0. The van der Waals surface area contributed by atoms with Crippen molar-refractivity contribution in [2.24, 2.45) is 11.8 Å². The molecule has 0 fully saturated rings. The molecule has 0 aliphatic carbocycles. The van der Waals surface area contributed by atoms with Crippen molar-refractivity contribution in [2.75, 3.05) is 5.43 Å². The number of nitrogens with one attached hydrogen (secondary N) is 1. The number of nitrogens with zero attached hydrogens (tertiary/aromatic N) is 2. The van der Waals surface area contributed by atoms with Crippen molar-refractivity contribution in [1.29, 1.82) is 0 Å². The highest BCUT2D eigenvalue weighted by atomic mass is 19.3. The number of rotatable bonds is 5. The number of benzene rings is 1. The zero-order valence-electron chi connectivity index (χ0n) is 12.0. The van der Waals surface area contributed by atoms with E-state index in [0.29, 0.717) is 23.1 Å². The SMILES string of the molecule is CC(C)Cc1cc(NN)nc(-c2cccc(C(F)F)c2)n1. The molecular weight excluding hydrogens is 274 g/mol. The Morgan fingerprint density at radius 2 is 1.95 bits per heavy atom. The first-order valence-electron chi connectivity index (χ1n) is 6.72. The normalized spacial score (nSPS) is 11.2. The molecular formula is C15H18F2N4. The molecule has 1 aromatic heterocycles. The van der Waals surface area contributed by atoms with Crippen LogP contribution in [0.1, 0.15) is 31.5 Å². The lowest BCUT2D eigenvalue weighted by Gasteiger charge is -2.10. The Bertz CT molecular complexity index is 614. The smallest absolute Gasteiger partial charge is 0.263 e. The Kier molecular flexibility index (Phi) is 4.80. The summed E-state index contributed by atoms with van der Waals surface area (Å²) >= 11 is 0. The summed E-state index contributed by atoms with van der Waals surface area (Å²) in [6.07, 6.45) is -1.76. The van der Waals surface area contributed by atoms with Gasteiger partial charge in [-0.05, 0) is 18.4 Å². The van der Waals surface area contributed by atoms with Crippen molar-refractivity contribution in [3.05, 3.63) is 41.6 Å². The van der Waals surface area contributed by atoms with Gasteiger partial charge in [-0.1, -0.05) is 32.0 Å². The van der Waals surface area contributed by atoms with Gasteiger partial charge in [-0.15, -0.1) is 0 Å². The molecule has 0 saturated carbocycles. The van der Waals surface area contributed by atoms with E-state index in [2.05, 4.69) is 29.2 Å². The first kappa shape index (κ1) is 15.3. The van der Waals surface area contributed by atoms with Crippen LogP contribution in [0.15, 0.2) is 30.3 Å². The number of nitrogen functional groups attached to an aromatic ring is 1. The van der Waals surface area contributed by atoms with Crippen LogP contribution in [-0.4, -0.2) is 9.97 Å². The van der Waals surface area contributed by atoms with Gasteiger partial charge in [0.15, 0.2) is 5.82 Å². The minimum Gasteiger partial charge on any atom is -0.308 e. The summed E-state index contributed by atoms with van der Waals surface area (Å²) in [6.45, 7) is 4.16. The number of hydrogen-bond donors (Lipinski definition) is 2. The molecule has 0 saturated heterocycles. The van der Waals surface area contributed by atoms with Gasteiger partial charge < -0.3 is 5.43 Å². The molecule has 0 spiro atoms. The first-order chi connectivity index (χ1) is 9.99. The second-order valence-corrected chi connectivity index (χ2v) is 5.24. The highest BCUT2D eigenvalue weighted by Crippen LogP contribution is 2.25. The van der Waals surface area contributed by atoms with Crippen LogP contribution in [0.3, 0.4) is 0 Å². The second-order valence-electron chi connectivity index (χ2n) is 5.24. The summed E-state index contributed by atoms with van der Waals surface area (Å²) in [5.41, 5.74) is 3.82. The Morgan fingerprint density at radius 3 is 2.57 bits per heavy atom. The summed E-state index contributed by atoms with van der Waals surface area (Å²) in [6, 6.07) is 7.83. The Balaban J connectivity index is 2.44. The van der Waals surface area contributed by atoms with Gasteiger partial charge in [-0.3, -0.25) is 0 Å². The highest BCUT2D eigenvalue weighted by molar-refractivity contribution is 5.58. The number of aromatic nitrogens is 2. The largest absolute Gasteiger partial charge is 0.308 e. The fourth-order valence-corrected chi connectivity index (χ4v) is 2.04. The fraction of sp³-hybridized carbons (Fsp3) is 0.333. The molecule has 0 unspecified atom stereocenters. The minimum absolute atomic E-state index is 0.0485. The standard InChI is InChI=1S/C15H18F2N4/c1-9(2)6-12-8-13(21-18)20-15(19-12)11-5-3-4-10(7-11)14(16)17/h3-5,7-9,14H,6,18H2,1-2H3,(H,19,20,21). The van der Waals surface area contributed by atoms with E-state index in [1.54, 1.807) is 18.2 Å². The molecule has 4 nitrogen and oxygen atoms in total. The molecule has 21 heavy (non-hydrogen) atoms. The van der Waals surface area contributed by atoms with Gasteiger partial charge in [-0.25, -0.2) is 24.6 Å². The molecule has 0 atom stereocenters. The number of alkyl halides is 2. The zero-order valence-corrected chi connectivity index (χ0v) is 12.0. The molecule has 0 amide bonds. The van der Waals surface area contributed by atoms with E-state index >= 15 is 0 Å². The van der Waals surface area contributed by atoms with E-state index in [1.165, 1.54) is 12.1 Å². The Labute approximate surface area is 122 Å². The van der Waals surface area contributed by atoms with Crippen LogP contribution in [0.2, 0.25) is 0 Å². The molecule has 1 heterocycles. The third kappa shape index (κ3) is 3.95. The molecule has 2 aromatic rings. The predicted molar refractivity (Wildman–Crippen MR) is 78.8 cm³/mol. The maximum absolute atomic E-state index is 12.8. The van der Waals surface area contributed by atoms with Crippen LogP contribution in [0, 0.1) is 5.92 Å². The van der Waals surface area contributed by atoms with E-state index in [0.717, 1.165) is 12.1 Å². The molecule has 0 bridgehead atoms. The third-order valence-electron chi connectivity index (χ3n) is 2.94. The summed E-state index contributed by atoms with van der Waals surface area (Å²) < 4.78 is 25.6. The minimum atomic E-state index is -2.52. The van der Waals surface area contributed by atoms with E-state index in [1.807, 2.05) is 0 Å². The number of halogens is 2. The molecule has 0 aliphatic rings. The van der Waals surface area contributed by atoms with Gasteiger partial charge >= 0.3 is 0 Å². The molecule has 6 heteroatoms. The van der Waals surface area contributed by atoms with Crippen molar-refractivity contribution in [1.82, 2.24) is 9.97 Å². The number of anilines is 1. The van der Waals surface area contributed by atoms with E-state index in [9.17, 15) is 8.78 Å². The van der Waals surface area contributed by atoms with E-state index in [4.69, 9.17) is 5.84 Å². The first-order valence-corrected chi connectivity index (χ1v) is 6.72. The zero-order chi connectivity index (χ0) is 15.4. The number of nitrogens with two attached hydrogens (primary N) is 1. The van der Waals surface area contributed by atoms with Gasteiger partial charge in [0.1, 0.15) is 5.82 Å². The van der Waals surface area contributed by atoms with Crippen LogP contribution in [0.4, 0.5) is 14.6 Å². The topological polar surface area (TPSA) is 63.8 Å². The average Bonchev–Trinajstić information content (AvgIpc) is 2.46. The van der Waals surface area contributed by atoms with Crippen LogP contribution in [-0.2, 0) is 6.42 Å². The van der Waals surface area contributed by atoms with Crippen LogP contribution >= 0.6 is 0 Å². The van der Waals surface area contributed by atoms with Crippen LogP contribution in [0.25, 0.3) is 11.4 Å². The quantitative estimate of drug-likeness (QED) is 0.653. The molecule has 3 N–H and O–H groups in total. The maximum Gasteiger partial charge on any atom is 0.263 e. The van der Waals surface area contributed by atoms with Crippen molar-refractivity contribution in [2.45, 2.75) is 26.7 Å². The monoisotopic (exact) mass is 292 g/mol. The molecule has 0 aliphatic heterocycles. The van der Waals surface area contributed by atoms with Crippen LogP contribution < -0.4 is 11.3 Å².